The monoisotopic (exact) mass is 622 g/mol. The molecule has 0 fully saturated rings. The van der Waals surface area contributed by atoms with Gasteiger partial charge in [-0.3, -0.25) is 5.32 Å². The second kappa shape index (κ2) is 11.6. The Kier molecular flexibility index (Phi) is 6.85. The molecule has 47 heavy (non-hydrogen) atoms. The molecule has 1 aromatic heterocycles. The molecule has 2 heterocycles. The molecule has 9 rings (SSSR count). The van der Waals surface area contributed by atoms with E-state index in [1.165, 1.54) is 42.9 Å². The Morgan fingerprint density at radius 3 is 2.04 bits per heavy atom. The van der Waals surface area contributed by atoms with E-state index in [1.54, 1.807) is 11.3 Å². The molecule has 0 radical (unpaired) electrons. The molecule has 1 aliphatic rings. The van der Waals surface area contributed by atoms with Crippen molar-refractivity contribution >= 4 is 48.9 Å². The maximum absolute atomic E-state index is 5.23. The predicted molar refractivity (Wildman–Crippen MR) is 197 cm³/mol. The number of thiazole rings is 1. The quantitative estimate of drug-likeness (QED) is 0.201. The van der Waals surface area contributed by atoms with Crippen LogP contribution in [0.3, 0.4) is 0 Å². The molecule has 2 unspecified atom stereocenters. The molecule has 2 atom stereocenters. The Morgan fingerprint density at radius 2 is 1.26 bits per heavy atom. The summed E-state index contributed by atoms with van der Waals surface area (Å²) in [5.41, 5.74) is 8.00. The predicted octanol–water partition coefficient (Wildman–Crippen LogP) is 10.3. The highest BCUT2D eigenvalue weighted by molar-refractivity contribution is 7.21. The summed E-state index contributed by atoms with van der Waals surface area (Å²) in [6.45, 7) is 0. The second-order valence-electron chi connectivity index (χ2n) is 11.9. The molecule has 0 saturated carbocycles. The van der Waals surface area contributed by atoms with E-state index in [1.807, 2.05) is 12.1 Å². The van der Waals surface area contributed by atoms with Gasteiger partial charge >= 0.3 is 0 Å². The average molecular weight is 623 g/mol. The molecular formula is C42H30N4S. The van der Waals surface area contributed by atoms with Gasteiger partial charge in [0.2, 0.25) is 0 Å². The first kappa shape index (κ1) is 27.7. The Bertz CT molecular complexity index is 2420. The minimum absolute atomic E-state index is 0.0854. The van der Waals surface area contributed by atoms with Crippen LogP contribution in [0.5, 0.6) is 0 Å². The lowest BCUT2D eigenvalue weighted by Gasteiger charge is -2.32. The number of hydrogen-bond acceptors (Lipinski definition) is 5. The molecule has 0 saturated heterocycles. The van der Waals surface area contributed by atoms with Crippen molar-refractivity contribution in [3.8, 4) is 21.7 Å². The summed E-state index contributed by atoms with van der Waals surface area (Å²) in [6, 6.07) is 55.7. The molecule has 8 aromatic rings. The number of amidine groups is 1. The van der Waals surface area contributed by atoms with Crippen molar-refractivity contribution in [2.75, 3.05) is 0 Å². The number of nitrogens with zero attached hydrogens (tertiary/aromatic N) is 2. The van der Waals surface area contributed by atoms with Crippen LogP contribution >= 0.6 is 11.3 Å². The van der Waals surface area contributed by atoms with Crippen molar-refractivity contribution in [3.63, 3.8) is 0 Å². The molecule has 0 aliphatic carbocycles. The zero-order valence-corrected chi connectivity index (χ0v) is 26.3. The SMILES string of the molecule is c1ccc(C2=NC(c3ccc(-c4ccc5c(ccc6sc(-c7ccccc7)nc65)c4)c4ccccc34)NC(c3ccccc3)N2)cc1. The molecule has 1 aliphatic heterocycles. The topological polar surface area (TPSA) is 49.3 Å². The average Bonchev–Trinajstić information content (AvgIpc) is 3.60. The van der Waals surface area contributed by atoms with Gasteiger partial charge in [-0.2, -0.15) is 0 Å². The fraction of sp³-hybridized carbons (Fsp3) is 0.0476. The van der Waals surface area contributed by atoms with Crippen LogP contribution in [0, 0.1) is 0 Å². The first-order valence-corrected chi connectivity index (χ1v) is 16.7. The van der Waals surface area contributed by atoms with Gasteiger partial charge in [-0.15, -0.1) is 11.3 Å². The van der Waals surface area contributed by atoms with Gasteiger partial charge in [0, 0.05) is 16.5 Å². The number of aliphatic imine (C=N–C) groups is 1. The molecule has 0 amide bonds. The van der Waals surface area contributed by atoms with Crippen molar-refractivity contribution in [3.05, 3.63) is 174 Å². The highest BCUT2D eigenvalue weighted by Gasteiger charge is 2.26. The van der Waals surface area contributed by atoms with E-state index in [9.17, 15) is 0 Å². The van der Waals surface area contributed by atoms with Gasteiger partial charge in [-0.25, -0.2) is 9.98 Å². The summed E-state index contributed by atoms with van der Waals surface area (Å²) >= 11 is 1.75. The molecule has 0 bridgehead atoms. The van der Waals surface area contributed by atoms with Gasteiger partial charge in [0.25, 0.3) is 0 Å². The minimum atomic E-state index is -0.232. The zero-order valence-electron chi connectivity index (χ0n) is 25.5. The van der Waals surface area contributed by atoms with Crippen molar-refractivity contribution in [2.45, 2.75) is 12.3 Å². The highest BCUT2D eigenvalue weighted by atomic mass is 32.1. The maximum atomic E-state index is 5.23. The van der Waals surface area contributed by atoms with Gasteiger partial charge in [0.05, 0.1) is 10.2 Å². The normalized spacial score (nSPS) is 16.3. The lowest BCUT2D eigenvalue weighted by atomic mass is 9.92. The maximum Gasteiger partial charge on any atom is 0.131 e. The second-order valence-corrected chi connectivity index (χ2v) is 12.9. The van der Waals surface area contributed by atoms with Gasteiger partial charge in [0.1, 0.15) is 23.2 Å². The molecule has 7 aromatic carbocycles. The van der Waals surface area contributed by atoms with Crippen LogP contribution in [-0.2, 0) is 0 Å². The molecule has 0 spiro atoms. The summed E-state index contributed by atoms with van der Waals surface area (Å²) in [5, 5.41) is 13.3. The molecular weight excluding hydrogens is 593 g/mol. The summed E-state index contributed by atoms with van der Waals surface area (Å²) in [7, 11) is 0. The van der Waals surface area contributed by atoms with Crippen molar-refractivity contribution in [2.24, 2.45) is 4.99 Å². The number of benzene rings is 7. The van der Waals surface area contributed by atoms with Gasteiger partial charge < -0.3 is 5.32 Å². The van der Waals surface area contributed by atoms with E-state index >= 15 is 0 Å². The molecule has 2 N–H and O–H groups in total. The summed E-state index contributed by atoms with van der Waals surface area (Å²) in [4.78, 5) is 10.3. The number of aromatic nitrogens is 1. The van der Waals surface area contributed by atoms with Crippen LogP contribution in [0.15, 0.2) is 163 Å². The first-order chi connectivity index (χ1) is 23.3. The van der Waals surface area contributed by atoms with Gasteiger partial charge in [-0.05, 0) is 50.5 Å². The van der Waals surface area contributed by atoms with E-state index in [0.717, 1.165) is 33.1 Å². The largest absolute Gasteiger partial charge is 0.350 e. The molecule has 224 valence electrons. The number of fused-ring (bicyclic) bond motifs is 4. The van der Waals surface area contributed by atoms with Crippen LogP contribution in [0.4, 0.5) is 0 Å². The Labute approximate surface area is 277 Å². The number of nitrogens with one attached hydrogen (secondary N) is 2. The third-order valence-electron chi connectivity index (χ3n) is 9.00. The van der Waals surface area contributed by atoms with Crippen molar-refractivity contribution in [1.29, 1.82) is 0 Å². The van der Waals surface area contributed by atoms with E-state index in [-0.39, 0.29) is 12.3 Å². The lowest BCUT2D eigenvalue weighted by molar-refractivity contribution is 0.410. The zero-order chi connectivity index (χ0) is 31.2. The van der Waals surface area contributed by atoms with E-state index in [4.69, 9.17) is 9.98 Å². The highest BCUT2D eigenvalue weighted by Crippen LogP contribution is 2.39. The lowest BCUT2D eigenvalue weighted by Crippen LogP contribution is -2.45. The van der Waals surface area contributed by atoms with Crippen LogP contribution in [-0.4, -0.2) is 10.8 Å². The van der Waals surface area contributed by atoms with E-state index in [0.29, 0.717) is 0 Å². The Morgan fingerprint density at radius 1 is 0.553 bits per heavy atom. The van der Waals surface area contributed by atoms with Crippen LogP contribution in [0.2, 0.25) is 0 Å². The summed E-state index contributed by atoms with van der Waals surface area (Å²) in [5.74, 6) is 0.884. The number of hydrogen-bond donors (Lipinski definition) is 2. The molecule has 4 nitrogen and oxygen atoms in total. The summed E-state index contributed by atoms with van der Waals surface area (Å²) in [6.07, 6.45) is -0.318. The van der Waals surface area contributed by atoms with Crippen LogP contribution < -0.4 is 10.6 Å². The van der Waals surface area contributed by atoms with Crippen LogP contribution in [0.1, 0.15) is 29.0 Å². The smallest absolute Gasteiger partial charge is 0.131 e. The summed E-state index contributed by atoms with van der Waals surface area (Å²) < 4.78 is 1.21. The van der Waals surface area contributed by atoms with Crippen LogP contribution in [0.25, 0.3) is 53.5 Å². The number of rotatable bonds is 5. The van der Waals surface area contributed by atoms with Gasteiger partial charge in [0.15, 0.2) is 0 Å². The van der Waals surface area contributed by atoms with Crippen molar-refractivity contribution in [1.82, 2.24) is 15.6 Å². The third kappa shape index (κ3) is 5.06. The molecule has 5 heteroatoms. The minimum Gasteiger partial charge on any atom is -0.350 e. The first-order valence-electron chi connectivity index (χ1n) is 15.9. The van der Waals surface area contributed by atoms with E-state index < -0.39 is 0 Å². The Balaban J connectivity index is 1.13. The van der Waals surface area contributed by atoms with E-state index in [2.05, 4.69) is 156 Å². The Hall–Kier alpha value is -5.62. The third-order valence-corrected chi connectivity index (χ3v) is 10.1. The fourth-order valence-electron chi connectivity index (χ4n) is 6.68. The van der Waals surface area contributed by atoms with Gasteiger partial charge in [-0.1, -0.05) is 146 Å². The fourth-order valence-corrected chi connectivity index (χ4v) is 7.67. The van der Waals surface area contributed by atoms with Crippen molar-refractivity contribution < 1.29 is 0 Å². The standard InChI is InChI=1S/C42H30N4S/c1-4-12-27(13-5-1)39-44-40(28-14-6-2-7-15-28)46-41(45-39)36-24-23-32(34-18-10-11-19-35(34)36)30-20-22-33-31(26-30)21-25-37-38(33)43-42(47-37)29-16-8-3-9-17-29/h1-26,39,41,45H,(H,44,46).